The largest absolute Gasteiger partial charge is 0.464 e. The van der Waals surface area contributed by atoms with E-state index in [9.17, 15) is 0 Å². The number of hydrogen-bond acceptors (Lipinski definition) is 1. The summed E-state index contributed by atoms with van der Waals surface area (Å²) in [5.41, 5.74) is 0. The average molecular weight is 130 g/mol. The summed E-state index contributed by atoms with van der Waals surface area (Å²) in [7, 11) is 0. The van der Waals surface area contributed by atoms with Gasteiger partial charge in [-0.05, 0) is 0 Å². The van der Waals surface area contributed by atoms with E-state index in [0.29, 0.717) is 0 Å². The summed E-state index contributed by atoms with van der Waals surface area (Å²) in [5.74, 6) is 2.32. The number of furan rings is 1. The normalized spacial score (nSPS) is 13.6. The van der Waals surface area contributed by atoms with Crippen LogP contribution in [0, 0.1) is 0 Å². The van der Waals surface area contributed by atoms with Gasteiger partial charge in [-0.1, -0.05) is 24.3 Å². The van der Waals surface area contributed by atoms with Gasteiger partial charge in [-0.25, -0.2) is 0 Å². The van der Waals surface area contributed by atoms with Crippen LogP contribution in [0.3, 0.4) is 0 Å². The van der Waals surface area contributed by atoms with E-state index in [1.165, 1.54) is 10.8 Å². The summed E-state index contributed by atoms with van der Waals surface area (Å²) in [6, 6.07) is 8.34. The van der Waals surface area contributed by atoms with Gasteiger partial charge >= 0.3 is 0 Å². The van der Waals surface area contributed by atoms with Gasteiger partial charge in [0, 0.05) is 10.8 Å². The molecule has 4 rings (SSSR count). The Labute approximate surface area is 58.3 Å². The van der Waals surface area contributed by atoms with Gasteiger partial charge in [0.1, 0.15) is 11.5 Å². The van der Waals surface area contributed by atoms with Crippen LogP contribution >= 0.6 is 0 Å². The van der Waals surface area contributed by atoms with E-state index < -0.39 is 0 Å². The molecule has 0 N–H and O–H groups in total. The summed E-state index contributed by atoms with van der Waals surface area (Å²) in [4.78, 5) is 0. The van der Waals surface area contributed by atoms with E-state index >= 15 is 0 Å². The number of hydrogen-bond donors (Lipinski definition) is 0. The van der Waals surface area contributed by atoms with Crippen LogP contribution in [0.1, 0.15) is 11.5 Å². The van der Waals surface area contributed by atoms with Crippen molar-refractivity contribution in [3.05, 3.63) is 35.8 Å². The maximum absolute atomic E-state index is 5.35. The summed E-state index contributed by atoms with van der Waals surface area (Å²) in [6.45, 7) is 0. The average Bonchev–Trinajstić information content (AvgIpc) is 2.36. The molecule has 2 bridgehead atoms. The molecule has 10 heavy (non-hydrogen) atoms. The molecule has 0 saturated heterocycles. The molecule has 1 nitrogen and oxygen atoms in total. The third-order valence-electron chi connectivity index (χ3n) is 2.10. The maximum atomic E-state index is 5.35. The SMILES string of the molecule is c1ccc2c3oc(c2c1)C3. The second kappa shape index (κ2) is 1.26. The van der Waals surface area contributed by atoms with Crippen LogP contribution in [0.2, 0.25) is 0 Å². The molecule has 0 fully saturated rings. The molecule has 1 aliphatic heterocycles. The van der Waals surface area contributed by atoms with Crippen molar-refractivity contribution in [2.75, 3.05) is 0 Å². The third kappa shape index (κ3) is 0.338. The van der Waals surface area contributed by atoms with Crippen molar-refractivity contribution in [2.24, 2.45) is 0 Å². The fourth-order valence-corrected chi connectivity index (χ4v) is 1.56. The first-order valence-electron chi connectivity index (χ1n) is 3.44. The van der Waals surface area contributed by atoms with Crippen LogP contribution in [0.4, 0.5) is 0 Å². The minimum atomic E-state index is 1.05. The minimum absolute atomic E-state index is 1.05. The Morgan fingerprint density at radius 2 is 1.50 bits per heavy atom. The minimum Gasteiger partial charge on any atom is -0.464 e. The molecule has 0 radical (unpaired) electrons. The van der Waals surface area contributed by atoms with Crippen LogP contribution < -0.4 is 0 Å². The van der Waals surface area contributed by atoms with Crippen LogP contribution in [0.5, 0.6) is 0 Å². The molecule has 1 aromatic heterocycles. The van der Waals surface area contributed by atoms with E-state index in [2.05, 4.69) is 24.3 Å². The van der Waals surface area contributed by atoms with Crippen molar-refractivity contribution in [2.45, 2.75) is 6.42 Å². The molecule has 0 unspecified atom stereocenters. The fraction of sp³-hybridized carbons (Fsp3) is 0.111. The van der Waals surface area contributed by atoms with Gasteiger partial charge in [0.15, 0.2) is 0 Å². The van der Waals surface area contributed by atoms with E-state index in [-0.39, 0.29) is 0 Å². The Hall–Kier alpha value is -1.24. The molecule has 48 valence electrons. The van der Waals surface area contributed by atoms with Crippen LogP contribution in [0.15, 0.2) is 28.7 Å². The van der Waals surface area contributed by atoms with Gasteiger partial charge < -0.3 is 4.42 Å². The lowest BCUT2D eigenvalue weighted by Crippen LogP contribution is -1.87. The van der Waals surface area contributed by atoms with Gasteiger partial charge in [-0.15, -0.1) is 0 Å². The molecular formula is C9H6O. The first-order valence-corrected chi connectivity index (χ1v) is 3.44. The van der Waals surface area contributed by atoms with E-state index in [1.807, 2.05) is 0 Å². The fourth-order valence-electron chi connectivity index (χ4n) is 1.56. The molecule has 0 spiro atoms. The predicted octanol–water partition coefficient (Wildman–Crippen LogP) is 2.34. The molecule has 2 aromatic rings. The van der Waals surface area contributed by atoms with E-state index in [0.717, 1.165) is 17.9 Å². The highest BCUT2D eigenvalue weighted by atomic mass is 16.4. The molecule has 1 heteroatoms. The zero-order chi connectivity index (χ0) is 6.55. The van der Waals surface area contributed by atoms with Gasteiger partial charge in [0.2, 0.25) is 0 Å². The van der Waals surface area contributed by atoms with Crippen molar-refractivity contribution < 1.29 is 4.42 Å². The van der Waals surface area contributed by atoms with Crippen molar-refractivity contribution >= 4 is 10.8 Å². The zero-order valence-electron chi connectivity index (χ0n) is 5.42. The summed E-state index contributed by atoms with van der Waals surface area (Å²) in [5, 5.41) is 2.61. The number of rotatable bonds is 0. The standard InChI is InChI=1S/C9H6O/c1-2-4-7-6(3-1)8-5-9(7)10-8/h1-4H,5H2. The summed E-state index contributed by atoms with van der Waals surface area (Å²) >= 11 is 0. The molecule has 2 aliphatic rings. The zero-order valence-corrected chi connectivity index (χ0v) is 5.42. The van der Waals surface area contributed by atoms with Crippen molar-refractivity contribution in [3.63, 3.8) is 0 Å². The molecule has 1 aromatic carbocycles. The van der Waals surface area contributed by atoms with Gasteiger partial charge in [-0.3, -0.25) is 0 Å². The molecular weight excluding hydrogens is 124 g/mol. The Morgan fingerprint density at radius 1 is 1.00 bits per heavy atom. The predicted molar refractivity (Wildman–Crippen MR) is 39.0 cm³/mol. The molecule has 1 aliphatic carbocycles. The maximum Gasteiger partial charge on any atom is 0.119 e. The van der Waals surface area contributed by atoms with Crippen molar-refractivity contribution in [3.8, 4) is 0 Å². The Balaban J connectivity index is 2.67. The van der Waals surface area contributed by atoms with Crippen LogP contribution in [0.25, 0.3) is 10.8 Å². The lowest BCUT2D eigenvalue weighted by molar-refractivity contribution is 0.411. The topological polar surface area (TPSA) is 13.1 Å². The van der Waals surface area contributed by atoms with Crippen LogP contribution in [-0.2, 0) is 6.42 Å². The van der Waals surface area contributed by atoms with Crippen LogP contribution in [-0.4, -0.2) is 0 Å². The third-order valence-corrected chi connectivity index (χ3v) is 2.10. The van der Waals surface area contributed by atoms with Crippen molar-refractivity contribution in [1.82, 2.24) is 0 Å². The lowest BCUT2D eigenvalue weighted by Gasteiger charge is -1.99. The summed E-state index contributed by atoms with van der Waals surface area (Å²) in [6.07, 6.45) is 1.05. The molecule has 0 atom stereocenters. The highest BCUT2D eigenvalue weighted by Gasteiger charge is 2.22. The Morgan fingerprint density at radius 3 is 2.00 bits per heavy atom. The molecule has 0 amide bonds. The highest BCUT2D eigenvalue weighted by molar-refractivity contribution is 5.91. The van der Waals surface area contributed by atoms with E-state index in [4.69, 9.17) is 4.42 Å². The Bertz CT molecular complexity index is 362. The number of benzene rings is 1. The summed E-state index contributed by atoms with van der Waals surface area (Å²) < 4.78 is 5.35. The second-order valence-electron chi connectivity index (χ2n) is 2.67. The quantitative estimate of drug-likeness (QED) is 0.455. The highest BCUT2D eigenvalue weighted by Crippen LogP contribution is 2.36. The second-order valence-corrected chi connectivity index (χ2v) is 2.67. The molecule has 0 saturated carbocycles. The first-order chi connectivity index (χ1) is 4.95. The first kappa shape index (κ1) is 4.56. The Kier molecular flexibility index (Phi) is 0.575. The van der Waals surface area contributed by atoms with Gasteiger partial charge in [0.25, 0.3) is 0 Å². The van der Waals surface area contributed by atoms with Gasteiger partial charge in [0.05, 0.1) is 6.42 Å². The lowest BCUT2D eigenvalue weighted by atomic mass is 10.2. The van der Waals surface area contributed by atoms with E-state index in [1.54, 1.807) is 0 Å². The van der Waals surface area contributed by atoms with Gasteiger partial charge in [-0.2, -0.15) is 0 Å². The monoisotopic (exact) mass is 130 g/mol. The molecule has 2 heterocycles. The van der Waals surface area contributed by atoms with Crippen molar-refractivity contribution in [1.29, 1.82) is 0 Å². The smallest absolute Gasteiger partial charge is 0.119 e.